The van der Waals surface area contributed by atoms with Gasteiger partial charge in [-0.3, -0.25) is 14.9 Å². The van der Waals surface area contributed by atoms with Crippen molar-refractivity contribution in [3.8, 4) is 11.1 Å². The van der Waals surface area contributed by atoms with Crippen LogP contribution in [0.15, 0.2) is 29.6 Å². The molecule has 1 aliphatic carbocycles. The lowest BCUT2D eigenvalue weighted by Gasteiger charge is -2.42. The monoisotopic (exact) mass is 393 g/mol. The van der Waals surface area contributed by atoms with Gasteiger partial charge in [0.2, 0.25) is 5.91 Å². The Hall–Kier alpha value is -2.90. The average molecular weight is 393 g/mol. The fourth-order valence-corrected chi connectivity index (χ4v) is 4.74. The van der Waals surface area contributed by atoms with Gasteiger partial charge in [-0.25, -0.2) is 4.99 Å². The number of amides is 1. The fourth-order valence-electron chi connectivity index (χ4n) is 4.74. The summed E-state index contributed by atoms with van der Waals surface area (Å²) in [5.74, 6) is 1.41. The molecule has 0 spiro atoms. The van der Waals surface area contributed by atoms with Crippen molar-refractivity contribution in [2.75, 3.05) is 13.1 Å². The van der Waals surface area contributed by atoms with Crippen LogP contribution < -0.4 is 0 Å². The minimum atomic E-state index is 0.259. The first-order valence-corrected chi connectivity index (χ1v) is 10.5. The summed E-state index contributed by atoms with van der Waals surface area (Å²) < 4.78 is 1.91. The van der Waals surface area contributed by atoms with Gasteiger partial charge in [-0.1, -0.05) is 0 Å². The third-order valence-electron chi connectivity index (χ3n) is 6.36. The second-order valence-corrected chi connectivity index (χ2v) is 8.28. The number of carbonyl (C=O) groups excluding carboxylic acids is 1. The van der Waals surface area contributed by atoms with Gasteiger partial charge in [0, 0.05) is 61.2 Å². The maximum atomic E-state index is 12.7. The van der Waals surface area contributed by atoms with Crippen LogP contribution in [0.3, 0.4) is 0 Å². The van der Waals surface area contributed by atoms with Crippen LogP contribution in [0.25, 0.3) is 11.1 Å². The van der Waals surface area contributed by atoms with E-state index in [2.05, 4.69) is 37.9 Å². The van der Waals surface area contributed by atoms with Gasteiger partial charge in [-0.2, -0.15) is 5.10 Å². The largest absolute Gasteiger partial charge is 0.358 e. The predicted molar refractivity (Wildman–Crippen MR) is 111 cm³/mol. The number of aromatic amines is 1. The molecule has 8 heteroatoms. The van der Waals surface area contributed by atoms with Crippen LogP contribution in [0.2, 0.25) is 0 Å². The lowest BCUT2D eigenvalue weighted by molar-refractivity contribution is -0.137. The van der Waals surface area contributed by atoms with Gasteiger partial charge >= 0.3 is 0 Å². The molecule has 1 saturated carbocycles. The molecular formula is C21H27N7O. The number of carbonyl (C=O) groups is 1. The van der Waals surface area contributed by atoms with Gasteiger partial charge < -0.3 is 14.8 Å². The minimum Gasteiger partial charge on any atom is -0.358 e. The number of nitrogens with zero attached hydrogens (tertiary/aromatic N) is 5. The molecule has 152 valence electrons. The number of likely N-dealkylation sites (tertiary alicyclic amines) is 1. The lowest BCUT2D eigenvalue weighted by atomic mass is 10.1. The Bertz CT molecular complexity index is 940. The Morgan fingerprint density at radius 1 is 1.28 bits per heavy atom. The molecule has 29 heavy (non-hydrogen) atoms. The maximum absolute atomic E-state index is 12.7. The van der Waals surface area contributed by atoms with Gasteiger partial charge in [0.05, 0.1) is 11.9 Å². The molecule has 3 aliphatic rings. The minimum absolute atomic E-state index is 0.259. The molecule has 1 amide bonds. The first-order valence-electron chi connectivity index (χ1n) is 10.5. The van der Waals surface area contributed by atoms with Crippen LogP contribution >= 0.6 is 0 Å². The van der Waals surface area contributed by atoms with E-state index in [1.54, 1.807) is 0 Å². The van der Waals surface area contributed by atoms with Crippen molar-refractivity contribution < 1.29 is 4.79 Å². The highest BCUT2D eigenvalue weighted by atomic mass is 16.2. The lowest BCUT2D eigenvalue weighted by Crippen LogP contribution is -2.57. The number of aromatic nitrogens is 3. The fraction of sp³-hybridized carbons (Fsp3) is 0.524. The number of hydrogen-bond donors (Lipinski definition) is 2. The molecule has 2 bridgehead atoms. The SMILES string of the molecule is CCn1cc(-c2c[nH]c(/C(=N\C=N)N3CC4CCC(C3)N4C(=O)C3CC3)c2)cn1. The van der Waals surface area contributed by atoms with Crippen molar-refractivity contribution in [2.45, 2.75) is 51.2 Å². The normalized spacial score (nSPS) is 24.2. The third-order valence-corrected chi connectivity index (χ3v) is 6.36. The summed E-state index contributed by atoms with van der Waals surface area (Å²) in [6.07, 6.45) is 11.2. The average Bonchev–Trinajstić information content (AvgIpc) is 3.17. The zero-order valence-electron chi connectivity index (χ0n) is 16.7. The van der Waals surface area contributed by atoms with E-state index in [1.807, 2.05) is 23.3 Å². The molecule has 2 aliphatic heterocycles. The highest BCUT2D eigenvalue weighted by molar-refractivity contribution is 6.02. The Kier molecular flexibility index (Phi) is 4.49. The van der Waals surface area contributed by atoms with Crippen LogP contribution in [0.5, 0.6) is 0 Å². The quantitative estimate of drug-likeness (QED) is 0.603. The van der Waals surface area contributed by atoms with E-state index < -0.39 is 0 Å². The first kappa shape index (κ1) is 18.1. The molecule has 2 saturated heterocycles. The third kappa shape index (κ3) is 3.26. The van der Waals surface area contributed by atoms with Crippen LogP contribution in [0.1, 0.15) is 38.3 Å². The molecule has 2 unspecified atom stereocenters. The number of hydrogen-bond acceptors (Lipinski definition) is 3. The second-order valence-electron chi connectivity index (χ2n) is 8.28. The van der Waals surface area contributed by atoms with Crippen molar-refractivity contribution in [3.63, 3.8) is 0 Å². The summed E-state index contributed by atoms with van der Waals surface area (Å²) in [6, 6.07) is 2.59. The molecule has 5 rings (SSSR count). The van der Waals surface area contributed by atoms with Gasteiger partial charge in [0.25, 0.3) is 0 Å². The van der Waals surface area contributed by atoms with E-state index in [9.17, 15) is 4.79 Å². The number of fused-ring (bicyclic) bond motifs is 2. The van der Waals surface area contributed by atoms with Crippen LogP contribution in [-0.2, 0) is 11.3 Å². The first-order chi connectivity index (χ1) is 14.2. The molecule has 8 nitrogen and oxygen atoms in total. The zero-order chi connectivity index (χ0) is 20.0. The number of nitrogens with one attached hydrogen (secondary N) is 2. The number of aliphatic imine (C=N–C) groups is 1. The Morgan fingerprint density at radius 2 is 2.03 bits per heavy atom. The highest BCUT2D eigenvalue weighted by Gasteiger charge is 2.47. The maximum Gasteiger partial charge on any atom is 0.226 e. The standard InChI is InChI=1S/C21H27N7O/c1-2-27-10-16(9-25-27)15-7-19(23-8-15)20(24-13-22)26-11-17-5-6-18(12-26)28(17)21(29)14-3-4-14/h7-10,13-14,17-18,22-23H,2-6,11-12H2,1H3/b22-13?,24-20+. The van der Waals surface area contributed by atoms with Gasteiger partial charge in [0.1, 0.15) is 6.34 Å². The number of H-pyrrole nitrogens is 1. The van der Waals surface area contributed by atoms with E-state index in [0.717, 1.165) is 74.3 Å². The summed E-state index contributed by atoms with van der Waals surface area (Å²) >= 11 is 0. The topological polar surface area (TPSA) is 93.4 Å². The van der Waals surface area contributed by atoms with Crippen molar-refractivity contribution in [1.29, 1.82) is 5.41 Å². The van der Waals surface area contributed by atoms with Crippen LogP contribution in [0, 0.1) is 11.3 Å². The van der Waals surface area contributed by atoms with Crippen molar-refractivity contribution in [2.24, 2.45) is 10.9 Å². The summed E-state index contributed by atoms with van der Waals surface area (Å²) in [5.41, 5.74) is 3.01. The Morgan fingerprint density at radius 3 is 2.66 bits per heavy atom. The highest BCUT2D eigenvalue weighted by Crippen LogP contribution is 2.38. The number of aryl methyl sites for hydroxylation is 1. The van der Waals surface area contributed by atoms with E-state index >= 15 is 0 Å². The molecule has 3 fully saturated rings. The number of amidine groups is 1. The Labute approximate surface area is 170 Å². The Balaban J connectivity index is 1.37. The molecule has 2 aromatic rings. The van der Waals surface area contributed by atoms with Gasteiger partial charge in [-0.05, 0) is 38.7 Å². The molecule has 4 heterocycles. The zero-order valence-corrected chi connectivity index (χ0v) is 16.7. The number of piperazine rings is 1. The smallest absolute Gasteiger partial charge is 0.226 e. The summed E-state index contributed by atoms with van der Waals surface area (Å²) in [4.78, 5) is 24.8. The van der Waals surface area contributed by atoms with Crippen LogP contribution in [-0.4, -0.2) is 67.8 Å². The molecule has 2 atom stereocenters. The van der Waals surface area contributed by atoms with Crippen LogP contribution in [0.4, 0.5) is 0 Å². The summed E-state index contributed by atoms with van der Waals surface area (Å²) in [6.45, 7) is 4.47. The van der Waals surface area contributed by atoms with Gasteiger partial charge in [0.15, 0.2) is 5.84 Å². The van der Waals surface area contributed by atoms with Crippen molar-refractivity contribution >= 4 is 18.1 Å². The molecule has 0 radical (unpaired) electrons. The second kappa shape index (κ2) is 7.17. The molecule has 2 aromatic heterocycles. The van der Waals surface area contributed by atoms with E-state index in [-0.39, 0.29) is 18.0 Å². The van der Waals surface area contributed by atoms with E-state index in [0.29, 0.717) is 5.91 Å². The molecule has 2 N–H and O–H groups in total. The number of rotatable bonds is 5. The molecular weight excluding hydrogens is 366 g/mol. The molecule has 0 aromatic carbocycles. The van der Waals surface area contributed by atoms with Crippen molar-refractivity contribution in [3.05, 3.63) is 30.4 Å². The van der Waals surface area contributed by atoms with E-state index in [1.165, 1.54) is 0 Å². The van der Waals surface area contributed by atoms with Crippen molar-refractivity contribution in [1.82, 2.24) is 24.6 Å². The summed E-state index contributed by atoms with van der Waals surface area (Å²) in [7, 11) is 0. The summed E-state index contributed by atoms with van der Waals surface area (Å²) in [5, 5.41) is 11.9. The van der Waals surface area contributed by atoms with Gasteiger partial charge in [-0.15, -0.1) is 0 Å². The predicted octanol–water partition coefficient (Wildman–Crippen LogP) is 2.34. The van der Waals surface area contributed by atoms with E-state index in [4.69, 9.17) is 5.41 Å².